The highest BCUT2D eigenvalue weighted by Crippen LogP contribution is 2.12. The van der Waals surface area contributed by atoms with Gasteiger partial charge in [-0.3, -0.25) is 9.59 Å². The van der Waals surface area contributed by atoms with Crippen LogP contribution in [0.1, 0.15) is 187 Å². The number of ether oxygens (including phenoxy) is 2. The highest BCUT2D eigenvalue weighted by molar-refractivity contribution is 5.70. The lowest BCUT2D eigenvalue weighted by molar-refractivity contribution is -0.161. The van der Waals surface area contributed by atoms with Crippen molar-refractivity contribution in [3.63, 3.8) is 0 Å². The molecular formula is C46H78O5. The summed E-state index contributed by atoms with van der Waals surface area (Å²) in [5.74, 6) is -0.637. The van der Waals surface area contributed by atoms with Gasteiger partial charge in [-0.2, -0.15) is 0 Å². The molecule has 0 aromatic rings. The number of aliphatic hydroxyl groups is 1. The number of aliphatic hydroxyl groups excluding tert-OH is 1. The molecule has 1 N–H and O–H groups in total. The molecule has 292 valence electrons. The van der Waals surface area contributed by atoms with E-state index >= 15 is 0 Å². The lowest BCUT2D eigenvalue weighted by Gasteiger charge is -2.15. The maximum absolute atomic E-state index is 12.2. The SMILES string of the molecule is CC/C=C\C/C=C\C/C=C\C/C=C\C/C=C\CCCCCC(=O)OC(CO)COC(=O)CCCCCCCCC/C=C\CCCCCCCCC. The Morgan fingerprint density at radius 1 is 0.471 bits per heavy atom. The average Bonchev–Trinajstić information content (AvgIpc) is 3.13. The number of allylic oxidation sites excluding steroid dienone is 12. The van der Waals surface area contributed by atoms with Crippen LogP contribution in [0.4, 0.5) is 0 Å². The summed E-state index contributed by atoms with van der Waals surface area (Å²) in [6.07, 6.45) is 55.4. The Morgan fingerprint density at radius 2 is 0.843 bits per heavy atom. The van der Waals surface area contributed by atoms with Gasteiger partial charge < -0.3 is 14.6 Å². The number of hydrogen-bond donors (Lipinski definition) is 1. The van der Waals surface area contributed by atoms with Crippen LogP contribution in [0.2, 0.25) is 0 Å². The van der Waals surface area contributed by atoms with Crippen LogP contribution < -0.4 is 0 Å². The monoisotopic (exact) mass is 711 g/mol. The zero-order valence-corrected chi connectivity index (χ0v) is 33.1. The summed E-state index contributed by atoms with van der Waals surface area (Å²) in [6, 6.07) is 0. The molecule has 0 saturated heterocycles. The Hall–Kier alpha value is -2.66. The summed E-state index contributed by atoms with van der Waals surface area (Å²) in [5.41, 5.74) is 0. The van der Waals surface area contributed by atoms with E-state index in [1.54, 1.807) is 0 Å². The molecule has 51 heavy (non-hydrogen) atoms. The number of hydrogen-bond acceptors (Lipinski definition) is 5. The third-order valence-electron chi connectivity index (χ3n) is 8.73. The molecule has 0 bridgehead atoms. The Kier molecular flexibility index (Phi) is 39.6. The van der Waals surface area contributed by atoms with E-state index in [0.717, 1.165) is 77.0 Å². The molecular weight excluding hydrogens is 633 g/mol. The van der Waals surface area contributed by atoms with Crippen molar-refractivity contribution in [2.24, 2.45) is 0 Å². The van der Waals surface area contributed by atoms with Crippen molar-refractivity contribution in [2.45, 2.75) is 193 Å². The standard InChI is InChI=1S/C46H78O5/c1-3-5-7-9-11-13-15-17-19-21-23-25-27-29-31-33-35-37-39-41-46(49)51-44(42-47)43-50-45(48)40-38-36-34-32-30-28-26-24-22-20-18-16-14-12-10-8-6-4-2/h5,7,11,13,17,19-20,22-23,25,29,31,44,47H,3-4,6,8-10,12,14-16,18,21,24,26-28,30,32-43H2,1-2H3/b7-5-,13-11-,19-17-,22-20-,25-23-,31-29-. The Balaban J connectivity index is 3.64. The summed E-state index contributed by atoms with van der Waals surface area (Å²) in [7, 11) is 0. The van der Waals surface area contributed by atoms with E-state index in [0.29, 0.717) is 12.8 Å². The van der Waals surface area contributed by atoms with Gasteiger partial charge in [-0.05, 0) is 83.5 Å². The molecule has 0 amide bonds. The average molecular weight is 711 g/mol. The largest absolute Gasteiger partial charge is 0.462 e. The fraction of sp³-hybridized carbons (Fsp3) is 0.696. The lowest BCUT2D eigenvalue weighted by atomic mass is 10.1. The van der Waals surface area contributed by atoms with Crippen molar-refractivity contribution in [1.82, 2.24) is 0 Å². The molecule has 5 heteroatoms. The second-order valence-corrected chi connectivity index (χ2v) is 13.7. The molecule has 0 spiro atoms. The molecule has 1 unspecified atom stereocenters. The van der Waals surface area contributed by atoms with Gasteiger partial charge in [-0.15, -0.1) is 0 Å². The molecule has 0 saturated carbocycles. The van der Waals surface area contributed by atoms with Crippen LogP contribution in [0.25, 0.3) is 0 Å². The van der Waals surface area contributed by atoms with Crippen molar-refractivity contribution in [3.8, 4) is 0 Å². The molecule has 0 radical (unpaired) electrons. The van der Waals surface area contributed by atoms with E-state index in [9.17, 15) is 14.7 Å². The van der Waals surface area contributed by atoms with Crippen molar-refractivity contribution < 1.29 is 24.2 Å². The van der Waals surface area contributed by atoms with Gasteiger partial charge in [0.1, 0.15) is 6.61 Å². The van der Waals surface area contributed by atoms with Crippen molar-refractivity contribution in [1.29, 1.82) is 0 Å². The Bertz CT molecular complexity index is 941. The molecule has 0 aromatic heterocycles. The number of esters is 2. The minimum atomic E-state index is -0.794. The van der Waals surface area contributed by atoms with Crippen LogP contribution >= 0.6 is 0 Å². The first-order valence-corrected chi connectivity index (χ1v) is 21.0. The van der Waals surface area contributed by atoms with Crippen molar-refractivity contribution in [3.05, 3.63) is 72.9 Å². The predicted molar refractivity (Wildman–Crippen MR) is 219 cm³/mol. The second-order valence-electron chi connectivity index (χ2n) is 13.7. The summed E-state index contributed by atoms with van der Waals surface area (Å²) in [6.45, 7) is 3.99. The zero-order valence-electron chi connectivity index (χ0n) is 33.1. The third-order valence-corrected chi connectivity index (χ3v) is 8.73. The van der Waals surface area contributed by atoms with Gasteiger partial charge in [-0.1, -0.05) is 164 Å². The summed E-state index contributed by atoms with van der Waals surface area (Å²) < 4.78 is 10.6. The third kappa shape index (κ3) is 40.0. The van der Waals surface area contributed by atoms with E-state index in [2.05, 4.69) is 86.8 Å². The number of carbonyl (C=O) groups is 2. The van der Waals surface area contributed by atoms with Crippen LogP contribution in [0.3, 0.4) is 0 Å². The van der Waals surface area contributed by atoms with E-state index in [1.165, 1.54) is 83.5 Å². The number of carbonyl (C=O) groups excluding carboxylic acids is 2. The molecule has 1 atom stereocenters. The van der Waals surface area contributed by atoms with E-state index in [4.69, 9.17) is 9.47 Å². The normalized spacial score (nSPS) is 12.9. The van der Waals surface area contributed by atoms with Gasteiger partial charge in [0.15, 0.2) is 6.10 Å². The van der Waals surface area contributed by atoms with Crippen LogP contribution in [-0.2, 0) is 19.1 Å². The Morgan fingerprint density at radius 3 is 1.31 bits per heavy atom. The number of unbranched alkanes of at least 4 members (excludes halogenated alkanes) is 17. The van der Waals surface area contributed by atoms with Crippen LogP contribution in [0.15, 0.2) is 72.9 Å². The summed E-state index contributed by atoms with van der Waals surface area (Å²) in [5, 5.41) is 9.57. The topological polar surface area (TPSA) is 72.8 Å². The fourth-order valence-corrected chi connectivity index (χ4v) is 5.57. The van der Waals surface area contributed by atoms with Crippen LogP contribution in [0.5, 0.6) is 0 Å². The summed E-state index contributed by atoms with van der Waals surface area (Å²) >= 11 is 0. The lowest BCUT2D eigenvalue weighted by Crippen LogP contribution is -2.28. The van der Waals surface area contributed by atoms with Gasteiger partial charge in [0.05, 0.1) is 6.61 Å². The van der Waals surface area contributed by atoms with Gasteiger partial charge in [0.25, 0.3) is 0 Å². The zero-order chi connectivity index (χ0) is 37.1. The minimum Gasteiger partial charge on any atom is -0.462 e. The second kappa shape index (κ2) is 41.8. The predicted octanol–water partition coefficient (Wildman–Crippen LogP) is 13.3. The van der Waals surface area contributed by atoms with E-state index in [1.807, 2.05) is 0 Å². The minimum absolute atomic E-state index is 0.0847. The highest BCUT2D eigenvalue weighted by Gasteiger charge is 2.16. The van der Waals surface area contributed by atoms with E-state index in [-0.39, 0.29) is 25.2 Å². The van der Waals surface area contributed by atoms with Gasteiger partial charge >= 0.3 is 11.9 Å². The maximum atomic E-state index is 12.2. The molecule has 0 aliphatic heterocycles. The van der Waals surface area contributed by atoms with Crippen molar-refractivity contribution in [2.75, 3.05) is 13.2 Å². The quantitative estimate of drug-likeness (QED) is 0.0395. The first kappa shape index (κ1) is 48.3. The highest BCUT2D eigenvalue weighted by atomic mass is 16.6. The Labute approximate surface area is 314 Å². The van der Waals surface area contributed by atoms with Gasteiger partial charge in [-0.25, -0.2) is 0 Å². The first-order chi connectivity index (χ1) is 25.1. The molecule has 0 heterocycles. The molecule has 0 fully saturated rings. The van der Waals surface area contributed by atoms with Gasteiger partial charge in [0.2, 0.25) is 0 Å². The van der Waals surface area contributed by atoms with Crippen LogP contribution in [0, 0.1) is 0 Å². The fourth-order valence-electron chi connectivity index (χ4n) is 5.57. The van der Waals surface area contributed by atoms with Gasteiger partial charge in [0, 0.05) is 12.8 Å². The molecule has 0 rings (SSSR count). The smallest absolute Gasteiger partial charge is 0.306 e. The summed E-state index contributed by atoms with van der Waals surface area (Å²) in [4.78, 5) is 24.3. The molecule has 0 aromatic carbocycles. The molecule has 0 aliphatic rings. The van der Waals surface area contributed by atoms with E-state index < -0.39 is 6.10 Å². The van der Waals surface area contributed by atoms with Crippen molar-refractivity contribution >= 4 is 11.9 Å². The first-order valence-electron chi connectivity index (χ1n) is 21.0. The maximum Gasteiger partial charge on any atom is 0.306 e. The van der Waals surface area contributed by atoms with Crippen LogP contribution in [-0.4, -0.2) is 36.4 Å². The number of rotatable bonds is 37. The molecule has 5 nitrogen and oxygen atoms in total. The molecule has 0 aliphatic carbocycles.